The van der Waals surface area contributed by atoms with Gasteiger partial charge in [0.15, 0.2) is 0 Å². The van der Waals surface area contributed by atoms with Crippen LogP contribution < -0.4 is 4.90 Å². The molecule has 0 aliphatic heterocycles. The lowest BCUT2D eigenvalue weighted by Gasteiger charge is -2.24. The number of rotatable bonds is 4. The molecule has 0 saturated heterocycles. The van der Waals surface area contributed by atoms with Crippen LogP contribution in [0.25, 0.3) is 0 Å². The predicted octanol–water partition coefficient (Wildman–Crippen LogP) is 3.74. The number of nitrogens with zero attached hydrogens (tertiary/aromatic N) is 3. The van der Waals surface area contributed by atoms with Gasteiger partial charge in [-0.15, -0.1) is 0 Å². The summed E-state index contributed by atoms with van der Waals surface area (Å²) in [5.41, 5.74) is 2.61. The van der Waals surface area contributed by atoms with Gasteiger partial charge in [0.2, 0.25) is 0 Å². The molecule has 2 aromatic rings. The van der Waals surface area contributed by atoms with Crippen molar-refractivity contribution in [2.75, 3.05) is 11.4 Å². The van der Waals surface area contributed by atoms with Crippen molar-refractivity contribution in [1.29, 1.82) is 5.26 Å². The van der Waals surface area contributed by atoms with Crippen molar-refractivity contribution >= 4 is 21.6 Å². The predicted molar refractivity (Wildman–Crippen MR) is 79.8 cm³/mol. The van der Waals surface area contributed by atoms with Crippen LogP contribution in [0.15, 0.2) is 47.1 Å². The zero-order valence-electron chi connectivity index (χ0n) is 10.7. The van der Waals surface area contributed by atoms with E-state index in [9.17, 15) is 5.26 Å². The second kappa shape index (κ2) is 6.35. The van der Waals surface area contributed by atoms with E-state index in [1.807, 2.05) is 36.4 Å². The number of hydrogen-bond donors (Lipinski definition) is 0. The molecule has 4 heteroatoms. The van der Waals surface area contributed by atoms with Gasteiger partial charge >= 0.3 is 0 Å². The first-order valence-corrected chi connectivity index (χ1v) is 6.88. The molecule has 0 atom stereocenters. The van der Waals surface area contributed by atoms with Crippen LogP contribution in [0, 0.1) is 11.3 Å². The Morgan fingerprint density at radius 2 is 2.16 bits per heavy atom. The SMILES string of the molecule is CCN(Cc1ccccn1)c1cc(Br)ccc1C#N. The van der Waals surface area contributed by atoms with Crippen LogP contribution in [0.5, 0.6) is 0 Å². The number of benzene rings is 1. The first-order valence-electron chi connectivity index (χ1n) is 6.09. The van der Waals surface area contributed by atoms with Gasteiger partial charge in [0.05, 0.1) is 23.5 Å². The van der Waals surface area contributed by atoms with Gasteiger partial charge in [-0.3, -0.25) is 4.98 Å². The zero-order chi connectivity index (χ0) is 13.7. The lowest BCUT2D eigenvalue weighted by molar-refractivity contribution is 0.808. The maximum atomic E-state index is 9.21. The molecule has 0 unspecified atom stereocenters. The molecule has 1 aromatic carbocycles. The minimum atomic E-state index is 0.681. The second-order valence-electron chi connectivity index (χ2n) is 4.11. The molecule has 1 heterocycles. The molecule has 0 fully saturated rings. The summed E-state index contributed by atoms with van der Waals surface area (Å²) < 4.78 is 0.973. The number of anilines is 1. The number of pyridine rings is 1. The maximum absolute atomic E-state index is 9.21. The standard InChI is InChI=1S/C15H14BrN3/c1-2-19(11-14-5-3-4-8-18-14)15-9-13(16)7-6-12(15)10-17/h3-9H,2,11H2,1H3. The molecule has 1 aromatic heterocycles. The summed E-state index contributed by atoms with van der Waals surface area (Å²) in [4.78, 5) is 6.48. The van der Waals surface area contributed by atoms with Crippen LogP contribution in [-0.4, -0.2) is 11.5 Å². The highest BCUT2D eigenvalue weighted by Gasteiger charge is 2.11. The van der Waals surface area contributed by atoms with Crippen LogP contribution in [0.3, 0.4) is 0 Å². The molecule has 2 rings (SSSR count). The number of aromatic nitrogens is 1. The average molecular weight is 316 g/mol. The Balaban J connectivity index is 2.32. The largest absolute Gasteiger partial charge is 0.365 e. The van der Waals surface area contributed by atoms with E-state index in [-0.39, 0.29) is 0 Å². The third-order valence-corrected chi connectivity index (χ3v) is 3.37. The van der Waals surface area contributed by atoms with Crippen LogP contribution >= 0.6 is 15.9 Å². The van der Waals surface area contributed by atoms with E-state index in [2.05, 4.69) is 38.8 Å². The number of halogens is 1. The van der Waals surface area contributed by atoms with Crippen LogP contribution in [0.4, 0.5) is 5.69 Å². The Hall–Kier alpha value is -1.86. The normalized spacial score (nSPS) is 9.95. The molecular weight excluding hydrogens is 302 g/mol. The third-order valence-electron chi connectivity index (χ3n) is 2.88. The fourth-order valence-corrected chi connectivity index (χ4v) is 2.26. The van der Waals surface area contributed by atoms with Crippen molar-refractivity contribution in [2.45, 2.75) is 13.5 Å². The molecule has 0 spiro atoms. The highest BCUT2D eigenvalue weighted by atomic mass is 79.9. The smallest absolute Gasteiger partial charge is 0.101 e. The van der Waals surface area contributed by atoms with E-state index in [1.165, 1.54) is 0 Å². The topological polar surface area (TPSA) is 39.9 Å². The van der Waals surface area contributed by atoms with Gasteiger partial charge in [-0.05, 0) is 37.3 Å². The molecule has 96 valence electrons. The number of hydrogen-bond acceptors (Lipinski definition) is 3. The lowest BCUT2D eigenvalue weighted by atomic mass is 10.1. The molecule has 0 aliphatic carbocycles. The van der Waals surface area contributed by atoms with E-state index in [1.54, 1.807) is 6.20 Å². The Morgan fingerprint density at radius 3 is 2.79 bits per heavy atom. The van der Waals surface area contributed by atoms with Crippen LogP contribution in [0.2, 0.25) is 0 Å². The highest BCUT2D eigenvalue weighted by molar-refractivity contribution is 9.10. The Labute approximate surface area is 121 Å². The van der Waals surface area contributed by atoms with Crippen molar-refractivity contribution in [3.05, 3.63) is 58.3 Å². The minimum Gasteiger partial charge on any atom is -0.365 e. The summed E-state index contributed by atoms with van der Waals surface area (Å²) in [5.74, 6) is 0. The fraction of sp³-hybridized carbons (Fsp3) is 0.200. The first-order chi connectivity index (χ1) is 9.24. The summed E-state index contributed by atoms with van der Waals surface area (Å²) in [5, 5.41) is 9.21. The van der Waals surface area contributed by atoms with E-state index in [4.69, 9.17) is 0 Å². The van der Waals surface area contributed by atoms with Gasteiger partial charge in [-0.2, -0.15) is 5.26 Å². The van der Waals surface area contributed by atoms with Crippen molar-refractivity contribution in [3.63, 3.8) is 0 Å². The second-order valence-corrected chi connectivity index (χ2v) is 5.02. The molecule has 0 amide bonds. The Kier molecular flexibility index (Phi) is 4.53. The molecule has 0 bridgehead atoms. The van der Waals surface area contributed by atoms with Crippen LogP contribution in [0.1, 0.15) is 18.2 Å². The fourth-order valence-electron chi connectivity index (χ4n) is 1.92. The van der Waals surface area contributed by atoms with E-state index >= 15 is 0 Å². The first kappa shape index (κ1) is 13.6. The van der Waals surface area contributed by atoms with Gasteiger partial charge in [0.1, 0.15) is 6.07 Å². The van der Waals surface area contributed by atoms with Crippen molar-refractivity contribution < 1.29 is 0 Å². The van der Waals surface area contributed by atoms with Gasteiger partial charge in [-0.25, -0.2) is 0 Å². The molecule has 0 saturated carbocycles. The number of nitriles is 1. The minimum absolute atomic E-state index is 0.681. The van der Waals surface area contributed by atoms with Gasteiger partial charge in [-0.1, -0.05) is 22.0 Å². The summed E-state index contributed by atoms with van der Waals surface area (Å²) in [7, 11) is 0. The summed E-state index contributed by atoms with van der Waals surface area (Å²) in [6.45, 7) is 3.59. The molecule has 3 nitrogen and oxygen atoms in total. The molecule has 0 aliphatic rings. The summed E-state index contributed by atoms with van der Waals surface area (Å²) in [6.07, 6.45) is 1.79. The molecule has 19 heavy (non-hydrogen) atoms. The monoisotopic (exact) mass is 315 g/mol. The Morgan fingerprint density at radius 1 is 1.32 bits per heavy atom. The quantitative estimate of drug-likeness (QED) is 0.862. The van der Waals surface area contributed by atoms with Gasteiger partial charge in [0.25, 0.3) is 0 Å². The lowest BCUT2D eigenvalue weighted by Crippen LogP contribution is -2.23. The van der Waals surface area contributed by atoms with E-state index in [0.717, 1.165) is 22.4 Å². The van der Waals surface area contributed by atoms with Crippen molar-refractivity contribution in [2.24, 2.45) is 0 Å². The van der Waals surface area contributed by atoms with Gasteiger partial charge < -0.3 is 4.90 Å². The van der Waals surface area contributed by atoms with Crippen molar-refractivity contribution in [1.82, 2.24) is 4.98 Å². The van der Waals surface area contributed by atoms with Crippen LogP contribution in [-0.2, 0) is 6.54 Å². The zero-order valence-corrected chi connectivity index (χ0v) is 12.3. The van der Waals surface area contributed by atoms with Crippen molar-refractivity contribution in [3.8, 4) is 6.07 Å². The maximum Gasteiger partial charge on any atom is 0.101 e. The third kappa shape index (κ3) is 3.33. The summed E-state index contributed by atoms with van der Waals surface area (Å²) >= 11 is 3.46. The Bertz CT molecular complexity index is 590. The van der Waals surface area contributed by atoms with E-state index in [0.29, 0.717) is 12.1 Å². The molecule has 0 N–H and O–H groups in total. The average Bonchev–Trinajstić information content (AvgIpc) is 2.46. The van der Waals surface area contributed by atoms with Gasteiger partial charge in [0, 0.05) is 17.2 Å². The summed E-state index contributed by atoms with van der Waals surface area (Å²) in [6, 6.07) is 13.8. The highest BCUT2D eigenvalue weighted by Crippen LogP contribution is 2.25. The van der Waals surface area contributed by atoms with E-state index < -0.39 is 0 Å². The molecule has 0 radical (unpaired) electrons. The molecular formula is C15H14BrN3.